The maximum Gasteiger partial charge on any atom is 0.490 e. The van der Waals surface area contributed by atoms with Crippen LogP contribution in [0.5, 0.6) is 5.75 Å². The number of rotatable bonds is 3. The highest BCUT2D eigenvalue weighted by atomic mass is 19.4. The number of para-hydroxylation sites is 1. The lowest BCUT2D eigenvalue weighted by Gasteiger charge is -2.40. The number of aliphatic carboxylic acids is 1. The molecule has 1 saturated heterocycles. The van der Waals surface area contributed by atoms with Gasteiger partial charge in [-0.3, -0.25) is 19.5 Å². The minimum Gasteiger partial charge on any atom is -0.492 e. The van der Waals surface area contributed by atoms with E-state index in [1.165, 1.54) is 6.07 Å². The number of fused-ring (bicyclic) bond motifs is 1. The van der Waals surface area contributed by atoms with E-state index in [1.54, 1.807) is 11.8 Å². The number of carbonyl (C=O) groups is 3. The van der Waals surface area contributed by atoms with Gasteiger partial charge in [-0.25, -0.2) is 4.79 Å². The van der Waals surface area contributed by atoms with E-state index in [0.29, 0.717) is 25.4 Å². The second kappa shape index (κ2) is 9.30. The number of halogens is 3. The number of nitrogens with zero attached hydrogens (tertiary/aromatic N) is 2. The molecule has 4 rings (SSSR count). The molecule has 0 radical (unpaired) electrons. The van der Waals surface area contributed by atoms with Crippen molar-refractivity contribution < 1.29 is 37.4 Å². The first-order valence-corrected chi connectivity index (χ1v) is 9.65. The van der Waals surface area contributed by atoms with Gasteiger partial charge in [-0.05, 0) is 13.0 Å². The van der Waals surface area contributed by atoms with Crippen molar-refractivity contribution in [3.05, 3.63) is 57.5 Å². The van der Waals surface area contributed by atoms with Crippen molar-refractivity contribution in [2.45, 2.75) is 25.1 Å². The molecule has 2 aliphatic rings. The van der Waals surface area contributed by atoms with Gasteiger partial charge in [-0.2, -0.15) is 18.3 Å². The van der Waals surface area contributed by atoms with Gasteiger partial charge in [0.1, 0.15) is 18.3 Å². The molecule has 0 bridgehead atoms. The summed E-state index contributed by atoms with van der Waals surface area (Å²) in [5.74, 6) is -2.84. The second-order valence-corrected chi connectivity index (χ2v) is 7.38. The van der Waals surface area contributed by atoms with Crippen LogP contribution in [0.15, 0.2) is 35.1 Å². The number of H-pyrrole nitrogens is 1. The van der Waals surface area contributed by atoms with Crippen molar-refractivity contribution in [3.8, 4) is 5.75 Å². The molecular formula is C20H19F3N4O6. The number of aryl methyl sites for hydroxylation is 1. The smallest absolute Gasteiger partial charge is 0.490 e. The zero-order chi connectivity index (χ0) is 24.3. The van der Waals surface area contributed by atoms with Gasteiger partial charge in [0.15, 0.2) is 5.69 Å². The number of benzene rings is 1. The highest BCUT2D eigenvalue weighted by Gasteiger charge is 2.39. The minimum atomic E-state index is -5.08. The molecule has 0 spiro atoms. The molecule has 3 N–H and O–H groups in total. The van der Waals surface area contributed by atoms with Crippen molar-refractivity contribution in [3.63, 3.8) is 0 Å². The van der Waals surface area contributed by atoms with Crippen LogP contribution in [-0.4, -0.2) is 69.9 Å². The third kappa shape index (κ3) is 5.48. The number of amides is 2. The van der Waals surface area contributed by atoms with Crippen LogP contribution in [0.3, 0.4) is 0 Å². The largest absolute Gasteiger partial charge is 0.492 e. The number of carbonyl (C=O) groups excluding carboxylic acids is 2. The summed E-state index contributed by atoms with van der Waals surface area (Å²) in [6, 6.07) is 8.66. The van der Waals surface area contributed by atoms with Crippen LogP contribution in [0.1, 0.15) is 27.7 Å². The summed E-state index contributed by atoms with van der Waals surface area (Å²) in [5.41, 5.74) is 0.899. The Kier molecular flexibility index (Phi) is 6.70. The molecular weight excluding hydrogens is 449 g/mol. The average Bonchev–Trinajstić information content (AvgIpc) is 3.13. The van der Waals surface area contributed by atoms with Gasteiger partial charge in [-0.1, -0.05) is 18.2 Å². The Morgan fingerprint density at radius 3 is 2.48 bits per heavy atom. The van der Waals surface area contributed by atoms with Crippen LogP contribution in [0.25, 0.3) is 0 Å². The molecule has 0 saturated carbocycles. The molecule has 2 amide bonds. The number of alkyl halides is 3. The summed E-state index contributed by atoms with van der Waals surface area (Å²) in [6.45, 7) is 2.85. The first kappa shape index (κ1) is 23.8. The molecule has 1 unspecified atom stereocenters. The van der Waals surface area contributed by atoms with E-state index < -0.39 is 23.5 Å². The lowest BCUT2D eigenvalue weighted by Crippen LogP contribution is -2.62. The predicted octanol–water partition coefficient (Wildman–Crippen LogP) is 0.828. The van der Waals surface area contributed by atoms with Gasteiger partial charge < -0.3 is 20.1 Å². The summed E-state index contributed by atoms with van der Waals surface area (Å²) >= 11 is 0. The van der Waals surface area contributed by atoms with Gasteiger partial charge in [0.05, 0.1) is 6.04 Å². The lowest BCUT2D eigenvalue weighted by atomic mass is 9.97. The third-order valence-corrected chi connectivity index (χ3v) is 4.91. The van der Waals surface area contributed by atoms with Crippen molar-refractivity contribution >= 4 is 17.8 Å². The molecule has 13 heteroatoms. The first-order valence-electron chi connectivity index (χ1n) is 9.65. The Labute approximate surface area is 184 Å². The Bertz CT molecular complexity index is 1130. The van der Waals surface area contributed by atoms with Gasteiger partial charge >= 0.3 is 12.1 Å². The molecule has 176 valence electrons. The maximum atomic E-state index is 12.6. The van der Waals surface area contributed by atoms with Crippen LogP contribution in [0, 0.1) is 6.92 Å². The Morgan fingerprint density at radius 1 is 1.24 bits per heavy atom. The summed E-state index contributed by atoms with van der Waals surface area (Å²) in [6.07, 6.45) is -5.08. The van der Waals surface area contributed by atoms with E-state index in [1.807, 2.05) is 24.3 Å². The normalized spacial score (nSPS) is 17.1. The Hall–Kier alpha value is -3.90. The number of carboxylic acid groups (broad SMARTS) is 1. The fourth-order valence-corrected chi connectivity index (χ4v) is 3.25. The standard InChI is InChI=1S/C18H18N4O4.C2HF3O2/c1-10-6-14(23)16(21-20-10)17(24)19-11-7-22(8-11)18(25)13-9-26-15-5-3-2-4-12(13)15;3-2(4,5)1(6)7/h2-6,11,13H,7-9H2,1H3,(H,19,24)(H,20,23);(H,6,7). The summed E-state index contributed by atoms with van der Waals surface area (Å²) in [5, 5.41) is 16.3. The second-order valence-electron chi connectivity index (χ2n) is 7.38. The molecule has 1 fully saturated rings. The highest BCUT2D eigenvalue weighted by molar-refractivity contribution is 5.92. The van der Waals surface area contributed by atoms with E-state index in [2.05, 4.69) is 15.5 Å². The molecule has 1 aromatic heterocycles. The minimum absolute atomic E-state index is 0.00763. The van der Waals surface area contributed by atoms with Gasteiger partial charge in [0.2, 0.25) is 11.3 Å². The Balaban J connectivity index is 0.000000383. The molecule has 1 atom stereocenters. The van der Waals surface area contributed by atoms with Gasteiger partial charge in [0, 0.05) is 30.4 Å². The molecule has 10 nitrogen and oxygen atoms in total. The molecule has 2 aromatic rings. The molecule has 3 heterocycles. The molecule has 2 aliphatic heterocycles. The van der Waals surface area contributed by atoms with Crippen LogP contribution < -0.4 is 15.5 Å². The van der Waals surface area contributed by atoms with Crippen molar-refractivity contribution in [2.75, 3.05) is 19.7 Å². The fraction of sp³-hybridized carbons (Fsp3) is 0.350. The van der Waals surface area contributed by atoms with Gasteiger partial charge in [0.25, 0.3) is 5.91 Å². The maximum absolute atomic E-state index is 12.6. The number of nitrogens with one attached hydrogen (secondary N) is 2. The topological polar surface area (TPSA) is 142 Å². The van der Waals surface area contributed by atoms with E-state index in [4.69, 9.17) is 14.6 Å². The zero-order valence-corrected chi connectivity index (χ0v) is 17.2. The summed E-state index contributed by atoms with van der Waals surface area (Å²) < 4.78 is 37.3. The van der Waals surface area contributed by atoms with Crippen LogP contribution >= 0.6 is 0 Å². The van der Waals surface area contributed by atoms with Crippen molar-refractivity contribution in [2.24, 2.45) is 0 Å². The quantitative estimate of drug-likeness (QED) is 0.606. The number of hydrogen-bond donors (Lipinski definition) is 3. The molecule has 33 heavy (non-hydrogen) atoms. The van der Waals surface area contributed by atoms with Crippen molar-refractivity contribution in [1.82, 2.24) is 20.4 Å². The fourth-order valence-electron chi connectivity index (χ4n) is 3.25. The number of carboxylic acids is 1. The van der Waals surface area contributed by atoms with E-state index in [9.17, 15) is 27.6 Å². The number of likely N-dealkylation sites (tertiary alicyclic amines) is 1. The number of ether oxygens (including phenoxy) is 1. The monoisotopic (exact) mass is 468 g/mol. The number of aromatic amines is 1. The highest BCUT2D eigenvalue weighted by Crippen LogP contribution is 2.35. The van der Waals surface area contributed by atoms with Crippen LogP contribution in [0.4, 0.5) is 13.2 Å². The SMILES string of the molecule is Cc1cc(=O)c(C(=O)NC2CN(C(=O)C3COc4ccccc43)C2)n[nH]1.O=C(O)C(F)(F)F. The third-order valence-electron chi connectivity index (χ3n) is 4.91. The van der Waals surface area contributed by atoms with Crippen LogP contribution in [0.2, 0.25) is 0 Å². The van der Waals surface area contributed by atoms with E-state index >= 15 is 0 Å². The molecule has 1 aromatic carbocycles. The van der Waals surface area contributed by atoms with Gasteiger partial charge in [-0.15, -0.1) is 0 Å². The molecule has 0 aliphatic carbocycles. The average molecular weight is 468 g/mol. The van der Waals surface area contributed by atoms with E-state index in [0.717, 1.165) is 11.3 Å². The Morgan fingerprint density at radius 2 is 1.88 bits per heavy atom. The first-order chi connectivity index (χ1) is 15.5. The number of hydrogen-bond acceptors (Lipinski definition) is 6. The summed E-state index contributed by atoms with van der Waals surface area (Å²) in [7, 11) is 0. The zero-order valence-electron chi connectivity index (χ0n) is 17.2. The van der Waals surface area contributed by atoms with E-state index in [-0.39, 0.29) is 23.6 Å². The number of aromatic nitrogens is 2. The van der Waals surface area contributed by atoms with Crippen LogP contribution in [-0.2, 0) is 9.59 Å². The van der Waals surface area contributed by atoms with Crippen molar-refractivity contribution in [1.29, 1.82) is 0 Å². The predicted molar refractivity (Wildman–Crippen MR) is 106 cm³/mol. The summed E-state index contributed by atoms with van der Waals surface area (Å²) in [4.78, 5) is 47.2. The lowest BCUT2D eigenvalue weighted by molar-refractivity contribution is -0.192.